The van der Waals surface area contributed by atoms with Crippen LogP contribution in [0.4, 0.5) is 10.1 Å². The number of nitrogen functional groups attached to an aromatic ring is 1. The average molecular weight is 193 g/mol. The molecule has 1 aromatic carbocycles. The summed E-state index contributed by atoms with van der Waals surface area (Å²) in [5, 5.41) is 0. The van der Waals surface area contributed by atoms with Gasteiger partial charge in [0.15, 0.2) is 0 Å². The Morgan fingerprint density at radius 2 is 2.00 bits per heavy atom. The van der Waals surface area contributed by atoms with Crippen LogP contribution >= 0.6 is 0 Å². The molecule has 1 aromatic rings. The van der Waals surface area contributed by atoms with Crippen molar-refractivity contribution in [2.75, 3.05) is 5.73 Å². The molecule has 2 heteroatoms. The van der Waals surface area contributed by atoms with Gasteiger partial charge in [-0.15, -0.1) is 0 Å². The molecule has 0 bridgehead atoms. The molecule has 14 heavy (non-hydrogen) atoms. The van der Waals surface area contributed by atoms with Crippen molar-refractivity contribution in [2.24, 2.45) is 0 Å². The van der Waals surface area contributed by atoms with Gasteiger partial charge >= 0.3 is 0 Å². The van der Waals surface area contributed by atoms with E-state index in [1.807, 2.05) is 20.8 Å². The Morgan fingerprint density at radius 3 is 2.43 bits per heavy atom. The topological polar surface area (TPSA) is 26.0 Å². The van der Waals surface area contributed by atoms with E-state index in [0.29, 0.717) is 11.3 Å². The van der Waals surface area contributed by atoms with Crippen molar-refractivity contribution in [3.63, 3.8) is 0 Å². The molecule has 2 N–H and O–H groups in total. The fourth-order valence-corrected chi connectivity index (χ4v) is 1.47. The van der Waals surface area contributed by atoms with Gasteiger partial charge < -0.3 is 5.73 Å². The fraction of sp³-hybridized carbons (Fsp3) is 0.333. The second-order valence-electron chi connectivity index (χ2n) is 3.89. The molecular weight excluding hydrogens is 177 g/mol. The zero-order valence-electron chi connectivity index (χ0n) is 8.89. The van der Waals surface area contributed by atoms with Crippen molar-refractivity contribution in [3.8, 4) is 0 Å². The Hall–Kier alpha value is -1.31. The van der Waals surface area contributed by atoms with Crippen LogP contribution in [0.2, 0.25) is 0 Å². The second-order valence-corrected chi connectivity index (χ2v) is 3.89. The maximum Gasteiger partial charge on any atom is 0.124 e. The predicted octanol–water partition coefficient (Wildman–Crippen LogP) is 3.56. The average Bonchev–Trinajstić information content (AvgIpc) is 2.07. The van der Waals surface area contributed by atoms with Gasteiger partial charge in [-0.2, -0.15) is 0 Å². The summed E-state index contributed by atoms with van der Waals surface area (Å²) >= 11 is 0. The third-order valence-electron chi connectivity index (χ3n) is 2.26. The van der Waals surface area contributed by atoms with Gasteiger partial charge in [-0.25, -0.2) is 4.39 Å². The first-order valence-electron chi connectivity index (χ1n) is 4.68. The molecule has 1 nitrogen and oxygen atoms in total. The molecule has 76 valence electrons. The van der Waals surface area contributed by atoms with Gasteiger partial charge in [-0.3, -0.25) is 0 Å². The lowest BCUT2D eigenvalue weighted by Gasteiger charge is -2.14. The van der Waals surface area contributed by atoms with Gasteiger partial charge in [0.1, 0.15) is 5.82 Å². The van der Waals surface area contributed by atoms with Crippen LogP contribution in [0.15, 0.2) is 18.7 Å². The summed E-state index contributed by atoms with van der Waals surface area (Å²) in [5.41, 5.74) is 8.94. The van der Waals surface area contributed by atoms with Crippen molar-refractivity contribution >= 4 is 11.3 Å². The highest BCUT2D eigenvalue weighted by Crippen LogP contribution is 2.29. The molecule has 0 saturated heterocycles. The summed E-state index contributed by atoms with van der Waals surface area (Å²) in [6.45, 7) is 9.60. The molecule has 1 rings (SSSR count). The summed E-state index contributed by atoms with van der Waals surface area (Å²) in [6.07, 6.45) is 0. The first kappa shape index (κ1) is 10.8. The first-order valence-corrected chi connectivity index (χ1v) is 4.68. The fourth-order valence-electron chi connectivity index (χ4n) is 1.47. The summed E-state index contributed by atoms with van der Waals surface area (Å²) in [7, 11) is 0. The number of nitrogens with two attached hydrogens (primary N) is 1. The normalized spacial score (nSPS) is 10.6. The maximum atomic E-state index is 13.2. The molecule has 0 unspecified atom stereocenters. The van der Waals surface area contributed by atoms with E-state index in [2.05, 4.69) is 6.58 Å². The van der Waals surface area contributed by atoms with E-state index in [0.717, 1.165) is 11.1 Å². The van der Waals surface area contributed by atoms with Crippen LogP contribution in [-0.4, -0.2) is 0 Å². The largest absolute Gasteiger partial charge is 0.398 e. The van der Waals surface area contributed by atoms with Gasteiger partial charge in [-0.1, -0.05) is 20.4 Å². The monoisotopic (exact) mass is 193 g/mol. The Kier molecular flexibility index (Phi) is 2.94. The van der Waals surface area contributed by atoms with Gasteiger partial charge in [-0.05, 0) is 36.1 Å². The van der Waals surface area contributed by atoms with E-state index >= 15 is 0 Å². The van der Waals surface area contributed by atoms with Crippen LogP contribution in [0, 0.1) is 5.82 Å². The summed E-state index contributed by atoms with van der Waals surface area (Å²) < 4.78 is 13.2. The highest BCUT2D eigenvalue weighted by molar-refractivity contribution is 5.75. The smallest absolute Gasteiger partial charge is 0.124 e. The van der Waals surface area contributed by atoms with Gasteiger partial charge in [0, 0.05) is 11.3 Å². The molecular formula is C12H16FN. The number of hydrogen-bond donors (Lipinski definition) is 1. The van der Waals surface area contributed by atoms with E-state index < -0.39 is 0 Å². The van der Waals surface area contributed by atoms with Gasteiger partial charge in [0.2, 0.25) is 0 Å². The standard InChI is InChI=1S/C12H16FN/c1-7(2)10-5-9(13)6-11(8(3)4)12(10)14/h5-6,8H,1,14H2,2-4H3. The van der Waals surface area contributed by atoms with Crippen LogP contribution in [0.1, 0.15) is 37.8 Å². The molecule has 0 atom stereocenters. The third-order valence-corrected chi connectivity index (χ3v) is 2.26. The Balaban J connectivity index is 3.40. The third kappa shape index (κ3) is 1.95. The van der Waals surface area contributed by atoms with E-state index in [-0.39, 0.29) is 11.7 Å². The SMILES string of the molecule is C=C(C)c1cc(F)cc(C(C)C)c1N. The second kappa shape index (κ2) is 3.82. The number of rotatable bonds is 2. The molecule has 0 amide bonds. The van der Waals surface area contributed by atoms with Gasteiger partial charge in [0.05, 0.1) is 0 Å². The predicted molar refractivity (Wildman–Crippen MR) is 59.6 cm³/mol. The van der Waals surface area contributed by atoms with Crippen LogP contribution in [0.3, 0.4) is 0 Å². The molecule has 0 radical (unpaired) electrons. The molecule has 0 aliphatic carbocycles. The van der Waals surface area contributed by atoms with Crippen LogP contribution < -0.4 is 5.73 Å². The molecule has 0 aliphatic heterocycles. The lowest BCUT2D eigenvalue weighted by molar-refractivity contribution is 0.623. The zero-order chi connectivity index (χ0) is 10.9. The molecule has 0 fully saturated rings. The molecule has 0 aliphatic rings. The Labute approximate surface area is 84.4 Å². The number of allylic oxidation sites excluding steroid dienone is 1. The lowest BCUT2D eigenvalue weighted by atomic mass is 9.95. The van der Waals surface area contributed by atoms with E-state index in [1.165, 1.54) is 12.1 Å². The quantitative estimate of drug-likeness (QED) is 0.714. The van der Waals surface area contributed by atoms with Crippen molar-refractivity contribution in [3.05, 3.63) is 35.7 Å². The van der Waals surface area contributed by atoms with E-state index in [1.54, 1.807) is 0 Å². The number of benzene rings is 1. The summed E-state index contributed by atoms with van der Waals surface area (Å²) in [6, 6.07) is 2.93. The lowest BCUT2D eigenvalue weighted by Crippen LogP contribution is -2.01. The Morgan fingerprint density at radius 1 is 1.43 bits per heavy atom. The Bertz CT molecular complexity index is 367. The zero-order valence-corrected chi connectivity index (χ0v) is 8.89. The first-order chi connectivity index (χ1) is 6.43. The molecule has 0 saturated carbocycles. The number of halogens is 1. The van der Waals surface area contributed by atoms with Gasteiger partial charge in [0.25, 0.3) is 0 Å². The molecule has 0 heterocycles. The minimum absolute atomic E-state index is 0.226. The number of anilines is 1. The van der Waals surface area contributed by atoms with Crippen molar-refractivity contribution in [1.82, 2.24) is 0 Å². The van der Waals surface area contributed by atoms with Crippen molar-refractivity contribution in [1.29, 1.82) is 0 Å². The molecule has 0 spiro atoms. The minimum atomic E-state index is -0.249. The summed E-state index contributed by atoms with van der Waals surface area (Å²) in [4.78, 5) is 0. The van der Waals surface area contributed by atoms with Crippen LogP contribution in [0.5, 0.6) is 0 Å². The van der Waals surface area contributed by atoms with E-state index in [9.17, 15) is 4.39 Å². The van der Waals surface area contributed by atoms with Crippen LogP contribution in [0.25, 0.3) is 5.57 Å². The summed E-state index contributed by atoms with van der Waals surface area (Å²) in [5.74, 6) is -0.0234. The number of hydrogen-bond acceptors (Lipinski definition) is 1. The van der Waals surface area contributed by atoms with Crippen molar-refractivity contribution in [2.45, 2.75) is 26.7 Å². The highest BCUT2D eigenvalue weighted by atomic mass is 19.1. The van der Waals surface area contributed by atoms with Crippen molar-refractivity contribution < 1.29 is 4.39 Å². The molecule has 0 aromatic heterocycles. The van der Waals surface area contributed by atoms with E-state index in [4.69, 9.17) is 5.73 Å². The van der Waals surface area contributed by atoms with Crippen LogP contribution in [-0.2, 0) is 0 Å². The maximum absolute atomic E-state index is 13.2. The minimum Gasteiger partial charge on any atom is -0.398 e. The highest BCUT2D eigenvalue weighted by Gasteiger charge is 2.11.